The van der Waals surface area contributed by atoms with Crippen molar-refractivity contribution < 1.29 is 0 Å². The van der Waals surface area contributed by atoms with E-state index in [0.717, 1.165) is 41.1 Å². The van der Waals surface area contributed by atoms with Crippen LogP contribution in [0, 0.1) is 0 Å². The first-order valence-electron chi connectivity index (χ1n) is 5.27. The zero-order valence-electron chi connectivity index (χ0n) is 8.51. The molecule has 0 spiro atoms. The number of aromatic nitrogens is 4. The van der Waals surface area contributed by atoms with Crippen LogP contribution in [0.3, 0.4) is 0 Å². The molecule has 3 aromatic rings. The molecule has 4 rings (SSSR count). The third-order valence-corrected chi connectivity index (χ3v) is 2.95. The minimum Gasteiger partial charge on any atom is -0.354 e. The van der Waals surface area contributed by atoms with E-state index in [1.165, 1.54) is 0 Å². The van der Waals surface area contributed by atoms with Crippen LogP contribution < -0.4 is 5.32 Å². The maximum atomic E-state index is 4.49. The molecule has 0 aliphatic carbocycles. The first-order valence-corrected chi connectivity index (χ1v) is 5.27. The lowest BCUT2D eigenvalue weighted by molar-refractivity contribution is 0.838. The smallest absolute Gasteiger partial charge is 0.204 e. The topological polar surface area (TPSA) is 55.6 Å². The molecule has 0 amide bonds. The first-order chi connectivity index (χ1) is 7.93. The number of anilines is 1. The fraction of sp³-hybridized carbons (Fsp3) is 0.182. The quantitative estimate of drug-likeness (QED) is 0.610. The number of nitrogens with zero attached hydrogens (tertiary/aromatic N) is 4. The summed E-state index contributed by atoms with van der Waals surface area (Å²) < 4.78 is 2.17. The van der Waals surface area contributed by atoms with Crippen molar-refractivity contribution in [2.24, 2.45) is 0 Å². The van der Waals surface area contributed by atoms with E-state index in [4.69, 9.17) is 0 Å². The summed E-state index contributed by atoms with van der Waals surface area (Å²) in [6, 6.07) is 3.88. The molecule has 16 heavy (non-hydrogen) atoms. The molecule has 0 aromatic carbocycles. The molecular weight excluding hydrogens is 202 g/mol. The molecular formula is C11H9N5. The van der Waals surface area contributed by atoms with Crippen LogP contribution in [0.15, 0.2) is 24.5 Å². The summed E-state index contributed by atoms with van der Waals surface area (Å²) in [5.41, 5.74) is 3.85. The molecule has 0 bridgehead atoms. The molecule has 5 nitrogen and oxygen atoms in total. The molecule has 1 aliphatic rings. The maximum absolute atomic E-state index is 4.49. The van der Waals surface area contributed by atoms with Crippen molar-refractivity contribution in [3.8, 4) is 0 Å². The number of imidazole rings is 1. The van der Waals surface area contributed by atoms with E-state index >= 15 is 0 Å². The van der Waals surface area contributed by atoms with Gasteiger partial charge in [-0.05, 0) is 12.1 Å². The summed E-state index contributed by atoms with van der Waals surface area (Å²) in [6.07, 6.45) is 3.61. The number of hydrogen-bond donors (Lipinski definition) is 1. The Morgan fingerprint density at radius 2 is 2.25 bits per heavy atom. The molecule has 0 unspecified atom stereocenters. The van der Waals surface area contributed by atoms with E-state index in [1.807, 2.05) is 18.3 Å². The normalized spacial score (nSPS) is 14.2. The van der Waals surface area contributed by atoms with Crippen molar-refractivity contribution in [3.63, 3.8) is 0 Å². The Morgan fingerprint density at radius 1 is 1.25 bits per heavy atom. The number of hydrogen-bond acceptors (Lipinski definition) is 4. The third kappa shape index (κ3) is 0.875. The van der Waals surface area contributed by atoms with Gasteiger partial charge in [0.15, 0.2) is 0 Å². The molecule has 3 aromatic heterocycles. The molecule has 1 aliphatic heterocycles. The van der Waals surface area contributed by atoms with Crippen molar-refractivity contribution in [3.05, 3.63) is 24.5 Å². The summed E-state index contributed by atoms with van der Waals surface area (Å²) in [6.45, 7) is 1.89. The highest BCUT2D eigenvalue weighted by atomic mass is 15.3. The minimum atomic E-state index is 0.911. The number of fused-ring (bicyclic) bond motifs is 5. The van der Waals surface area contributed by atoms with Gasteiger partial charge < -0.3 is 9.88 Å². The Morgan fingerprint density at radius 3 is 3.25 bits per heavy atom. The van der Waals surface area contributed by atoms with E-state index in [1.54, 1.807) is 6.20 Å². The molecule has 4 heterocycles. The molecule has 0 radical (unpaired) electrons. The van der Waals surface area contributed by atoms with Crippen molar-refractivity contribution in [1.29, 1.82) is 0 Å². The summed E-state index contributed by atoms with van der Waals surface area (Å²) >= 11 is 0. The molecule has 0 saturated carbocycles. The molecule has 0 atom stereocenters. The van der Waals surface area contributed by atoms with Gasteiger partial charge in [-0.15, -0.1) is 0 Å². The van der Waals surface area contributed by atoms with Crippen LogP contribution in [0.5, 0.6) is 0 Å². The van der Waals surface area contributed by atoms with Crippen molar-refractivity contribution in [2.75, 3.05) is 11.9 Å². The van der Waals surface area contributed by atoms with Gasteiger partial charge in [-0.25, -0.2) is 4.98 Å². The second kappa shape index (κ2) is 2.69. The van der Waals surface area contributed by atoms with E-state index in [-0.39, 0.29) is 0 Å². The van der Waals surface area contributed by atoms with Crippen molar-refractivity contribution in [2.45, 2.75) is 6.54 Å². The van der Waals surface area contributed by atoms with E-state index in [0.29, 0.717) is 0 Å². The van der Waals surface area contributed by atoms with Gasteiger partial charge >= 0.3 is 0 Å². The Kier molecular flexibility index (Phi) is 1.35. The third-order valence-electron chi connectivity index (χ3n) is 2.95. The lowest BCUT2D eigenvalue weighted by Crippen LogP contribution is -1.96. The van der Waals surface area contributed by atoms with Crippen LogP contribution in [-0.2, 0) is 6.54 Å². The lowest BCUT2D eigenvalue weighted by Gasteiger charge is -2.00. The molecule has 5 heteroatoms. The van der Waals surface area contributed by atoms with Crippen LogP contribution in [0.4, 0.5) is 5.95 Å². The minimum absolute atomic E-state index is 0.911. The van der Waals surface area contributed by atoms with E-state index in [9.17, 15) is 0 Å². The van der Waals surface area contributed by atoms with Crippen LogP contribution >= 0.6 is 0 Å². The van der Waals surface area contributed by atoms with Crippen LogP contribution in [0.2, 0.25) is 0 Å². The van der Waals surface area contributed by atoms with Crippen LogP contribution in [0.1, 0.15) is 0 Å². The molecule has 1 N–H and O–H groups in total. The Balaban J connectivity index is 2.27. The predicted molar refractivity (Wildman–Crippen MR) is 61.3 cm³/mol. The summed E-state index contributed by atoms with van der Waals surface area (Å²) in [5.74, 6) is 0.926. The van der Waals surface area contributed by atoms with Gasteiger partial charge in [0.1, 0.15) is 11.0 Å². The van der Waals surface area contributed by atoms with E-state index in [2.05, 4.69) is 24.8 Å². The largest absolute Gasteiger partial charge is 0.354 e. The average Bonchev–Trinajstić information content (AvgIpc) is 2.88. The second-order valence-electron chi connectivity index (χ2n) is 3.88. The standard InChI is InChI=1S/C11H9N5/c1-2-7-9(12-3-1)10-8(6-14-7)15-11-13-4-5-16(10)11/h1-3,6H,4-5H2,(H,13,15). The highest BCUT2D eigenvalue weighted by Gasteiger charge is 2.18. The second-order valence-corrected chi connectivity index (χ2v) is 3.88. The lowest BCUT2D eigenvalue weighted by atomic mass is 10.3. The predicted octanol–water partition coefficient (Wildman–Crippen LogP) is 1.40. The highest BCUT2D eigenvalue weighted by Crippen LogP contribution is 2.27. The van der Waals surface area contributed by atoms with Crippen LogP contribution in [-0.4, -0.2) is 26.1 Å². The van der Waals surface area contributed by atoms with Gasteiger partial charge in [0.25, 0.3) is 0 Å². The van der Waals surface area contributed by atoms with E-state index < -0.39 is 0 Å². The summed E-state index contributed by atoms with van der Waals surface area (Å²) in [5, 5.41) is 3.25. The zero-order chi connectivity index (χ0) is 10.5. The van der Waals surface area contributed by atoms with Crippen LogP contribution in [0.25, 0.3) is 22.1 Å². The van der Waals surface area contributed by atoms with Gasteiger partial charge in [0.05, 0.1) is 17.2 Å². The number of rotatable bonds is 0. The zero-order valence-corrected chi connectivity index (χ0v) is 8.51. The Hall–Kier alpha value is -2.17. The summed E-state index contributed by atoms with van der Waals surface area (Å²) in [7, 11) is 0. The van der Waals surface area contributed by atoms with Gasteiger partial charge in [0, 0.05) is 19.3 Å². The fourth-order valence-corrected chi connectivity index (χ4v) is 2.26. The Bertz CT molecular complexity index is 700. The Labute approximate surface area is 91.1 Å². The maximum Gasteiger partial charge on any atom is 0.204 e. The summed E-state index contributed by atoms with van der Waals surface area (Å²) in [4.78, 5) is 13.3. The molecule has 0 fully saturated rings. The fourth-order valence-electron chi connectivity index (χ4n) is 2.26. The SMILES string of the molecule is c1cnc2c(c1)ncc1nc3n(c12)CCN3. The molecule has 0 saturated heterocycles. The monoisotopic (exact) mass is 211 g/mol. The molecule has 78 valence electrons. The van der Waals surface area contributed by atoms with Crippen molar-refractivity contribution in [1.82, 2.24) is 19.5 Å². The van der Waals surface area contributed by atoms with Crippen molar-refractivity contribution >= 4 is 28.0 Å². The van der Waals surface area contributed by atoms with Gasteiger partial charge in [-0.1, -0.05) is 0 Å². The van der Waals surface area contributed by atoms with Gasteiger partial charge in [0.2, 0.25) is 5.95 Å². The highest BCUT2D eigenvalue weighted by molar-refractivity contribution is 6.00. The van der Waals surface area contributed by atoms with Gasteiger partial charge in [-0.3, -0.25) is 9.97 Å². The average molecular weight is 211 g/mol. The number of pyridine rings is 2. The first kappa shape index (κ1) is 8.04. The van der Waals surface area contributed by atoms with Gasteiger partial charge in [-0.2, -0.15) is 0 Å². The number of nitrogens with one attached hydrogen (secondary N) is 1.